The molecule has 6 heteroatoms. The van der Waals surface area contributed by atoms with Gasteiger partial charge in [-0.3, -0.25) is 4.57 Å². The normalized spacial score (nSPS) is 14.5. The van der Waals surface area contributed by atoms with Gasteiger partial charge < -0.3 is 9.79 Å². The van der Waals surface area contributed by atoms with Gasteiger partial charge in [-0.05, 0) is 34.4 Å². The maximum absolute atomic E-state index is 11.5. The highest BCUT2D eigenvalue weighted by atomic mass is 31.2. The van der Waals surface area contributed by atoms with Gasteiger partial charge in [0.2, 0.25) is 0 Å². The Hall–Kier alpha value is -2.69. The molecule has 2 N–H and O–H groups in total. The van der Waals surface area contributed by atoms with E-state index in [9.17, 15) is 19.6 Å². The highest BCUT2D eigenvalue weighted by Gasteiger charge is 2.28. The fraction of sp³-hybridized carbons (Fsp3) is 0. The van der Waals surface area contributed by atoms with Crippen LogP contribution in [-0.2, 0) is 4.57 Å². The molecule has 5 nitrogen and oxygen atoms in total. The van der Waals surface area contributed by atoms with Crippen LogP contribution in [0.5, 0.6) is 0 Å². The molecule has 22 heavy (non-hydrogen) atoms. The number of nitriles is 1. The van der Waals surface area contributed by atoms with Crippen LogP contribution in [0.2, 0.25) is 0 Å². The van der Waals surface area contributed by atoms with Crippen molar-refractivity contribution >= 4 is 18.5 Å². The minimum atomic E-state index is -4.36. The Bertz CT molecular complexity index is 942. The third-order valence-electron chi connectivity index (χ3n) is 3.55. The van der Waals surface area contributed by atoms with Gasteiger partial charge in [0.15, 0.2) is 0 Å². The fourth-order valence-corrected chi connectivity index (χ4v) is 3.19. The maximum atomic E-state index is 11.5. The molecule has 0 spiro atoms. The SMILES string of the molecule is [C-]#[N+]/C(C#N)=C1\c2ccccc2-c2cc(P(=O)(O)O)ccc21. The van der Waals surface area contributed by atoms with Gasteiger partial charge in [-0.15, -0.1) is 0 Å². The first-order valence-electron chi connectivity index (χ1n) is 6.29. The summed E-state index contributed by atoms with van der Waals surface area (Å²) >= 11 is 0. The molecule has 0 unspecified atom stereocenters. The van der Waals surface area contributed by atoms with Crippen molar-refractivity contribution in [2.45, 2.75) is 0 Å². The summed E-state index contributed by atoms with van der Waals surface area (Å²) in [5, 5.41) is 9.10. The Morgan fingerprint density at radius 2 is 1.73 bits per heavy atom. The highest BCUT2D eigenvalue weighted by Crippen LogP contribution is 2.47. The Morgan fingerprint density at radius 1 is 1.09 bits per heavy atom. The summed E-state index contributed by atoms with van der Waals surface area (Å²) in [5.41, 5.74) is 3.25. The molecule has 0 bridgehead atoms. The van der Waals surface area contributed by atoms with Crippen LogP contribution in [0.15, 0.2) is 48.2 Å². The van der Waals surface area contributed by atoms with E-state index in [1.165, 1.54) is 12.1 Å². The Morgan fingerprint density at radius 3 is 2.32 bits per heavy atom. The van der Waals surface area contributed by atoms with Crippen molar-refractivity contribution in [1.29, 1.82) is 5.26 Å². The standard InChI is InChI=1S/C16H9N2O3P/c1-18-15(9-17)16-12-5-3-2-4-11(12)14-8-10(22(19,20)21)6-7-13(14)16/h2-8H,(H2,19,20,21)/b16-15+. The van der Waals surface area contributed by atoms with Crippen LogP contribution in [0, 0.1) is 17.9 Å². The third kappa shape index (κ3) is 2.06. The van der Waals surface area contributed by atoms with Gasteiger partial charge in [0.05, 0.1) is 17.9 Å². The summed E-state index contributed by atoms with van der Waals surface area (Å²) in [6.07, 6.45) is 0. The lowest BCUT2D eigenvalue weighted by molar-refractivity contribution is 0.387. The fourth-order valence-electron chi connectivity index (χ4n) is 2.63. The van der Waals surface area contributed by atoms with Crippen molar-refractivity contribution in [3.63, 3.8) is 0 Å². The van der Waals surface area contributed by atoms with Crippen molar-refractivity contribution in [3.8, 4) is 17.2 Å². The Balaban J connectivity index is 2.41. The molecule has 3 rings (SSSR count). The van der Waals surface area contributed by atoms with Crippen LogP contribution < -0.4 is 5.30 Å². The molecule has 0 radical (unpaired) electrons. The second kappa shape index (κ2) is 4.94. The highest BCUT2D eigenvalue weighted by molar-refractivity contribution is 7.60. The van der Waals surface area contributed by atoms with Gasteiger partial charge in [-0.1, -0.05) is 30.3 Å². The predicted octanol–water partition coefficient (Wildman–Crippen LogP) is 2.67. The summed E-state index contributed by atoms with van der Waals surface area (Å²) in [6, 6.07) is 13.4. The van der Waals surface area contributed by atoms with Crippen LogP contribution >= 0.6 is 7.60 Å². The smallest absolute Gasteiger partial charge is 0.321 e. The van der Waals surface area contributed by atoms with E-state index in [1.807, 2.05) is 12.1 Å². The second-order valence-corrected chi connectivity index (χ2v) is 6.37. The van der Waals surface area contributed by atoms with Gasteiger partial charge >= 0.3 is 7.60 Å². The summed E-state index contributed by atoms with van der Waals surface area (Å²) in [7, 11) is -4.36. The molecule has 1 aliphatic carbocycles. The van der Waals surface area contributed by atoms with Gasteiger partial charge in [0.1, 0.15) is 0 Å². The van der Waals surface area contributed by atoms with Gasteiger partial charge in [-0.25, -0.2) is 10.1 Å². The molecule has 106 valence electrons. The number of allylic oxidation sites excluding steroid dienone is 1. The van der Waals surface area contributed by atoms with Gasteiger partial charge in [0, 0.05) is 5.57 Å². The molecule has 0 atom stereocenters. The van der Waals surface area contributed by atoms with Gasteiger partial charge in [-0.2, -0.15) is 0 Å². The van der Waals surface area contributed by atoms with E-state index >= 15 is 0 Å². The first-order valence-corrected chi connectivity index (χ1v) is 7.90. The van der Waals surface area contributed by atoms with Crippen molar-refractivity contribution in [1.82, 2.24) is 0 Å². The van der Waals surface area contributed by atoms with Crippen molar-refractivity contribution in [2.24, 2.45) is 0 Å². The van der Waals surface area contributed by atoms with E-state index in [0.717, 1.165) is 11.1 Å². The van der Waals surface area contributed by atoms with E-state index < -0.39 is 7.60 Å². The average Bonchev–Trinajstić information content (AvgIpc) is 2.82. The summed E-state index contributed by atoms with van der Waals surface area (Å²) < 4.78 is 11.5. The zero-order valence-electron chi connectivity index (χ0n) is 11.2. The molecule has 2 aromatic carbocycles. The third-order valence-corrected chi connectivity index (χ3v) is 4.50. The summed E-state index contributed by atoms with van der Waals surface area (Å²) in [6.45, 7) is 7.17. The predicted molar refractivity (Wildman–Crippen MR) is 81.8 cm³/mol. The lowest BCUT2D eigenvalue weighted by Crippen LogP contribution is -2.04. The van der Waals surface area contributed by atoms with Crippen LogP contribution in [0.1, 0.15) is 11.1 Å². The molecule has 0 aliphatic heterocycles. The molecule has 0 heterocycles. The molecular formula is C16H9N2O3P. The molecule has 1 aliphatic rings. The molecule has 0 saturated carbocycles. The van der Waals surface area contributed by atoms with Crippen LogP contribution in [0.3, 0.4) is 0 Å². The zero-order valence-corrected chi connectivity index (χ0v) is 12.1. The van der Waals surface area contributed by atoms with E-state index in [1.54, 1.807) is 24.3 Å². The largest absolute Gasteiger partial charge is 0.356 e. The first kappa shape index (κ1) is 14.3. The van der Waals surface area contributed by atoms with E-state index in [-0.39, 0.29) is 11.0 Å². The van der Waals surface area contributed by atoms with Crippen molar-refractivity contribution < 1.29 is 14.4 Å². The number of rotatable bonds is 1. The lowest BCUT2D eigenvalue weighted by atomic mass is 10.0. The first-order chi connectivity index (χ1) is 10.5. The van der Waals surface area contributed by atoms with E-state index in [2.05, 4.69) is 4.85 Å². The van der Waals surface area contributed by atoms with E-state index in [4.69, 9.17) is 6.57 Å². The molecule has 0 saturated heterocycles. The minimum Gasteiger partial charge on any atom is -0.321 e. The second-order valence-electron chi connectivity index (χ2n) is 4.77. The summed E-state index contributed by atoms with van der Waals surface area (Å²) in [4.78, 5) is 21.9. The zero-order chi connectivity index (χ0) is 15.9. The lowest BCUT2D eigenvalue weighted by Gasteiger charge is -2.07. The molecule has 0 aromatic heterocycles. The molecule has 2 aromatic rings. The molecule has 0 fully saturated rings. The topological polar surface area (TPSA) is 85.7 Å². The average molecular weight is 308 g/mol. The molecular weight excluding hydrogens is 299 g/mol. The number of nitrogens with zero attached hydrogens (tertiary/aromatic N) is 2. The summed E-state index contributed by atoms with van der Waals surface area (Å²) in [5.74, 6) is 0. The minimum absolute atomic E-state index is 0.0323. The van der Waals surface area contributed by atoms with Crippen LogP contribution in [0.25, 0.3) is 21.5 Å². The number of hydrogen-bond acceptors (Lipinski definition) is 2. The molecule has 0 amide bonds. The van der Waals surface area contributed by atoms with Crippen LogP contribution in [0.4, 0.5) is 0 Å². The number of hydrogen-bond donors (Lipinski definition) is 2. The number of benzene rings is 2. The Labute approximate surface area is 126 Å². The monoisotopic (exact) mass is 308 g/mol. The maximum Gasteiger partial charge on any atom is 0.356 e. The Kier molecular flexibility index (Phi) is 3.20. The van der Waals surface area contributed by atoms with Crippen molar-refractivity contribution in [2.75, 3.05) is 0 Å². The quantitative estimate of drug-likeness (QED) is 0.411. The van der Waals surface area contributed by atoms with Crippen molar-refractivity contribution in [3.05, 3.63) is 70.7 Å². The number of fused-ring (bicyclic) bond motifs is 3. The van der Waals surface area contributed by atoms with Gasteiger partial charge in [0.25, 0.3) is 5.70 Å². The van der Waals surface area contributed by atoms with E-state index in [0.29, 0.717) is 16.7 Å². The van der Waals surface area contributed by atoms with Crippen LogP contribution in [-0.4, -0.2) is 9.79 Å².